The Balaban J connectivity index is 2.52. The van der Waals surface area contributed by atoms with E-state index in [0.29, 0.717) is 36.3 Å². The van der Waals surface area contributed by atoms with Gasteiger partial charge in [0.25, 0.3) is 9.05 Å². The monoisotopic (exact) mass is 330 g/mol. The predicted molar refractivity (Wildman–Crippen MR) is 79.5 cm³/mol. The van der Waals surface area contributed by atoms with Gasteiger partial charge in [0.15, 0.2) is 0 Å². The highest BCUT2D eigenvalue weighted by atomic mass is 35.7. The smallest absolute Gasteiger partial charge is 0.263 e. The molecule has 114 valence electrons. The highest BCUT2D eigenvalue weighted by molar-refractivity contribution is 8.13. The Labute approximate surface area is 128 Å². The highest BCUT2D eigenvalue weighted by Crippen LogP contribution is 2.26. The largest absolute Gasteiger partial charge is 0.264 e. The average Bonchev–Trinajstić information content (AvgIpc) is 2.76. The molecule has 0 bridgehead atoms. The number of aromatic nitrogens is 2. The average molecular weight is 331 g/mol. The quantitative estimate of drug-likeness (QED) is 0.791. The van der Waals surface area contributed by atoms with Gasteiger partial charge in [-0.2, -0.15) is 5.10 Å². The minimum Gasteiger partial charge on any atom is -0.263 e. The van der Waals surface area contributed by atoms with Crippen molar-refractivity contribution in [3.63, 3.8) is 0 Å². The van der Waals surface area contributed by atoms with Crippen LogP contribution in [-0.4, -0.2) is 18.2 Å². The minimum absolute atomic E-state index is 0.0885. The van der Waals surface area contributed by atoms with Gasteiger partial charge in [-0.25, -0.2) is 12.8 Å². The fourth-order valence-corrected chi connectivity index (χ4v) is 3.86. The SMILES string of the molecule is CCc1nn(Cc2cccc(F)c2)c(CC)c1S(=O)(=O)Cl. The fraction of sp³-hybridized carbons (Fsp3) is 0.357. The van der Waals surface area contributed by atoms with Gasteiger partial charge in [0, 0.05) is 10.7 Å². The van der Waals surface area contributed by atoms with Crippen LogP contribution in [0.15, 0.2) is 29.2 Å². The second kappa shape index (κ2) is 6.15. The van der Waals surface area contributed by atoms with E-state index in [1.807, 2.05) is 13.8 Å². The van der Waals surface area contributed by atoms with Gasteiger partial charge in [-0.05, 0) is 30.5 Å². The fourth-order valence-electron chi connectivity index (χ4n) is 2.33. The van der Waals surface area contributed by atoms with Gasteiger partial charge in [-0.3, -0.25) is 4.68 Å². The number of hydrogen-bond acceptors (Lipinski definition) is 3. The van der Waals surface area contributed by atoms with Gasteiger partial charge in [-0.1, -0.05) is 26.0 Å². The maximum Gasteiger partial charge on any atom is 0.264 e. The molecule has 1 aromatic carbocycles. The van der Waals surface area contributed by atoms with Crippen LogP contribution >= 0.6 is 10.7 Å². The second-order valence-electron chi connectivity index (χ2n) is 4.66. The summed E-state index contributed by atoms with van der Waals surface area (Å²) in [7, 11) is 1.67. The Hall–Kier alpha value is -1.40. The number of benzene rings is 1. The van der Waals surface area contributed by atoms with Crippen LogP contribution in [0.25, 0.3) is 0 Å². The Morgan fingerprint density at radius 2 is 2.00 bits per heavy atom. The van der Waals surface area contributed by atoms with E-state index in [2.05, 4.69) is 5.10 Å². The van der Waals surface area contributed by atoms with Crippen molar-refractivity contribution in [2.45, 2.75) is 38.1 Å². The predicted octanol–water partition coefficient (Wildman–Crippen LogP) is 3.12. The van der Waals surface area contributed by atoms with E-state index in [0.717, 1.165) is 0 Å². The zero-order valence-corrected chi connectivity index (χ0v) is 13.4. The van der Waals surface area contributed by atoms with Gasteiger partial charge in [0.2, 0.25) is 0 Å². The van der Waals surface area contributed by atoms with Crippen LogP contribution in [0.1, 0.15) is 30.8 Å². The van der Waals surface area contributed by atoms with Crippen LogP contribution in [0.2, 0.25) is 0 Å². The molecule has 7 heteroatoms. The number of aryl methyl sites for hydroxylation is 1. The first-order valence-corrected chi connectivity index (χ1v) is 8.95. The maximum absolute atomic E-state index is 13.2. The number of rotatable bonds is 5. The summed E-state index contributed by atoms with van der Waals surface area (Å²) in [5.74, 6) is -0.335. The first-order chi connectivity index (χ1) is 9.86. The van der Waals surface area contributed by atoms with Crippen molar-refractivity contribution in [3.05, 3.63) is 47.0 Å². The molecule has 21 heavy (non-hydrogen) atoms. The van der Waals surface area contributed by atoms with E-state index in [1.165, 1.54) is 12.1 Å². The summed E-state index contributed by atoms with van der Waals surface area (Å²) in [5.41, 5.74) is 1.71. The summed E-state index contributed by atoms with van der Waals surface area (Å²) in [4.78, 5) is 0.0885. The summed E-state index contributed by atoms with van der Waals surface area (Å²) < 4.78 is 38.4. The van der Waals surface area contributed by atoms with Crippen LogP contribution in [-0.2, 0) is 28.4 Å². The van der Waals surface area contributed by atoms with Crippen molar-refractivity contribution in [1.29, 1.82) is 0 Å². The zero-order chi connectivity index (χ0) is 15.6. The lowest BCUT2D eigenvalue weighted by Crippen LogP contribution is -2.07. The molecule has 0 saturated carbocycles. The Morgan fingerprint density at radius 1 is 1.29 bits per heavy atom. The number of hydrogen-bond donors (Lipinski definition) is 0. The second-order valence-corrected chi connectivity index (χ2v) is 7.16. The minimum atomic E-state index is -3.85. The van der Waals surface area contributed by atoms with E-state index in [-0.39, 0.29) is 10.7 Å². The summed E-state index contributed by atoms with van der Waals surface area (Å²) >= 11 is 0. The lowest BCUT2D eigenvalue weighted by atomic mass is 10.2. The molecule has 0 spiro atoms. The van der Waals surface area contributed by atoms with Crippen molar-refractivity contribution in [2.75, 3.05) is 0 Å². The lowest BCUT2D eigenvalue weighted by Gasteiger charge is -2.07. The van der Waals surface area contributed by atoms with Gasteiger partial charge in [0.1, 0.15) is 10.7 Å². The van der Waals surface area contributed by atoms with E-state index < -0.39 is 9.05 Å². The van der Waals surface area contributed by atoms with Crippen LogP contribution in [0.5, 0.6) is 0 Å². The van der Waals surface area contributed by atoms with Gasteiger partial charge in [0.05, 0.1) is 17.9 Å². The molecule has 0 aliphatic carbocycles. The summed E-state index contributed by atoms with van der Waals surface area (Å²) in [5, 5.41) is 4.32. The molecule has 4 nitrogen and oxygen atoms in total. The van der Waals surface area contributed by atoms with Crippen LogP contribution in [0, 0.1) is 5.82 Å². The zero-order valence-electron chi connectivity index (χ0n) is 11.8. The molecule has 0 unspecified atom stereocenters. The first-order valence-electron chi connectivity index (χ1n) is 6.64. The molecule has 2 rings (SSSR count). The maximum atomic E-state index is 13.2. The highest BCUT2D eigenvalue weighted by Gasteiger charge is 2.25. The molecule has 0 fully saturated rings. The molecular weight excluding hydrogens is 315 g/mol. The Morgan fingerprint density at radius 3 is 2.52 bits per heavy atom. The van der Waals surface area contributed by atoms with Crippen molar-refractivity contribution < 1.29 is 12.8 Å². The Bertz CT molecular complexity index is 756. The van der Waals surface area contributed by atoms with E-state index >= 15 is 0 Å². The Kier molecular flexibility index (Phi) is 4.68. The van der Waals surface area contributed by atoms with Crippen molar-refractivity contribution in [1.82, 2.24) is 9.78 Å². The molecule has 0 radical (unpaired) electrons. The van der Waals surface area contributed by atoms with Crippen molar-refractivity contribution in [3.8, 4) is 0 Å². The first kappa shape index (κ1) is 16.0. The molecule has 0 saturated heterocycles. The van der Waals surface area contributed by atoms with Crippen LogP contribution < -0.4 is 0 Å². The molecule has 0 aliphatic heterocycles. The third kappa shape index (κ3) is 3.44. The third-order valence-corrected chi connectivity index (χ3v) is 4.63. The topological polar surface area (TPSA) is 52.0 Å². The molecule has 1 aromatic heterocycles. The van der Waals surface area contributed by atoms with Gasteiger partial charge < -0.3 is 0 Å². The standard InChI is InChI=1S/C14H16ClFN2O2S/c1-3-12-14(21(15,19)20)13(4-2)18(17-12)9-10-6-5-7-11(16)8-10/h5-8H,3-4,9H2,1-2H3. The van der Waals surface area contributed by atoms with Crippen molar-refractivity contribution >= 4 is 19.7 Å². The van der Waals surface area contributed by atoms with Crippen LogP contribution in [0.3, 0.4) is 0 Å². The lowest BCUT2D eigenvalue weighted by molar-refractivity contribution is 0.602. The van der Waals surface area contributed by atoms with Gasteiger partial charge >= 0.3 is 0 Å². The molecular formula is C14H16ClFN2O2S. The van der Waals surface area contributed by atoms with Gasteiger partial charge in [-0.15, -0.1) is 0 Å². The molecule has 0 atom stereocenters. The number of nitrogens with zero attached hydrogens (tertiary/aromatic N) is 2. The number of halogens is 2. The summed E-state index contributed by atoms with van der Waals surface area (Å²) in [6.07, 6.45) is 0.939. The van der Waals surface area contributed by atoms with E-state index in [9.17, 15) is 12.8 Å². The van der Waals surface area contributed by atoms with E-state index in [1.54, 1.807) is 16.8 Å². The summed E-state index contributed by atoms with van der Waals surface area (Å²) in [6, 6.07) is 6.14. The normalized spacial score (nSPS) is 11.8. The third-order valence-electron chi connectivity index (χ3n) is 3.21. The molecule has 0 aliphatic rings. The summed E-state index contributed by atoms with van der Waals surface area (Å²) in [6.45, 7) is 3.96. The van der Waals surface area contributed by atoms with E-state index in [4.69, 9.17) is 10.7 Å². The van der Waals surface area contributed by atoms with Crippen molar-refractivity contribution in [2.24, 2.45) is 0 Å². The molecule has 1 heterocycles. The molecule has 0 N–H and O–H groups in total. The molecule has 0 amide bonds. The van der Waals surface area contributed by atoms with Crippen LogP contribution in [0.4, 0.5) is 4.39 Å². The molecule has 2 aromatic rings.